The van der Waals surface area contributed by atoms with Crippen molar-refractivity contribution >= 4 is 34.8 Å². The second-order valence-electron chi connectivity index (χ2n) is 6.82. The lowest BCUT2D eigenvalue weighted by Gasteiger charge is -2.37. The Hall–Kier alpha value is -1.89. The maximum atomic E-state index is 14.0. The molecule has 0 spiro atoms. The van der Waals surface area contributed by atoms with Crippen LogP contribution in [0.5, 0.6) is 0 Å². The average molecular weight is 425 g/mol. The predicted octanol–water partition coefficient (Wildman–Crippen LogP) is 4.16. The smallest absolute Gasteiger partial charge is 0.253 e. The molecule has 1 aliphatic heterocycles. The molecular formula is C20H23Cl2FN4O. The third-order valence-electron chi connectivity index (χ3n) is 5.02. The summed E-state index contributed by atoms with van der Waals surface area (Å²) in [6.07, 6.45) is 1.37. The number of carbonyl (C=O) groups excluding carboxylic acids is 1. The first kappa shape index (κ1) is 20.8. The van der Waals surface area contributed by atoms with Crippen molar-refractivity contribution in [1.82, 2.24) is 15.2 Å². The van der Waals surface area contributed by atoms with E-state index in [0.717, 1.165) is 44.0 Å². The number of rotatable bonds is 5. The number of benzene rings is 1. The predicted molar refractivity (Wildman–Crippen MR) is 111 cm³/mol. The summed E-state index contributed by atoms with van der Waals surface area (Å²) in [5.74, 6) is -0.673. The summed E-state index contributed by atoms with van der Waals surface area (Å²) in [6.45, 7) is 8.66. The van der Waals surface area contributed by atoms with Crippen LogP contribution >= 0.6 is 23.2 Å². The van der Waals surface area contributed by atoms with Gasteiger partial charge in [0.2, 0.25) is 0 Å². The van der Waals surface area contributed by atoms with E-state index >= 15 is 0 Å². The summed E-state index contributed by atoms with van der Waals surface area (Å²) in [5, 5.41) is 3.26. The van der Waals surface area contributed by atoms with Gasteiger partial charge in [-0.2, -0.15) is 0 Å². The minimum absolute atomic E-state index is 0.143. The normalized spacial score (nSPS) is 16.1. The van der Waals surface area contributed by atoms with Crippen LogP contribution < -0.4 is 10.2 Å². The number of anilines is 1. The summed E-state index contributed by atoms with van der Waals surface area (Å²) in [4.78, 5) is 21.1. The molecule has 0 radical (unpaired) electrons. The lowest BCUT2D eigenvalue weighted by molar-refractivity contribution is 0.0939. The Bertz CT molecular complexity index is 856. The molecule has 150 valence electrons. The highest BCUT2D eigenvalue weighted by Crippen LogP contribution is 2.29. The zero-order chi connectivity index (χ0) is 20.3. The van der Waals surface area contributed by atoms with Crippen molar-refractivity contribution in [2.45, 2.75) is 19.9 Å². The average Bonchev–Trinajstić information content (AvgIpc) is 2.70. The zero-order valence-corrected chi connectivity index (χ0v) is 17.4. The SMILES string of the molecule is CCN1CCN(c2ccc(F)cc2C(C)NC(=O)c2cnc(Cl)c(Cl)c2)CC1. The molecule has 28 heavy (non-hydrogen) atoms. The van der Waals surface area contributed by atoms with Gasteiger partial charge in [0.25, 0.3) is 5.91 Å². The van der Waals surface area contributed by atoms with Gasteiger partial charge in [-0.25, -0.2) is 9.37 Å². The Labute approximate surface area is 174 Å². The maximum absolute atomic E-state index is 14.0. The minimum Gasteiger partial charge on any atom is -0.369 e. The number of piperazine rings is 1. The van der Waals surface area contributed by atoms with Crippen LogP contribution in [0.25, 0.3) is 0 Å². The van der Waals surface area contributed by atoms with Gasteiger partial charge in [0, 0.05) is 43.6 Å². The van der Waals surface area contributed by atoms with Crippen molar-refractivity contribution in [3.63, 3.8) is 0 Å². The molecule has 1 aromatic heterocycles. The van der Waals surface area contributed by atoms with Crippen LogP contribution in [0, 0.1) is 5.82 Å². The molecule has 1 saturated heterocycles. The fraction of sp³-hybridized carbons (Fsp3) is 0.400. The molecule has 1 atom stereocenters. The number of hydrogen-bond acceptors (Lipinski definition) is 4. The molecule has 2 aromatic rings. The van der Waals surface area contributed by atoms with Gasteiger partial charge in [-0.05, 0) is 37.7 Å². The Morgan fingerprint density at radius 1 is 1.25 bits per heavy atom. The van der Waals surface area contributed by atoms with Crippen LogP contribution in [0.2, 0.25) is 10.2 Å². The quantitative estimate of drug-likeness (QED) is 0.731. The van der Waals surface area contributed by atoms with Crippen LogP contribution in [0.1, 0.15) is 35.8 Å². The van der Waals surface area contributed by atoms with E-state index in [-0.39, 0.29) is 21.9 Å². The molecule has 8 heteroatoms. The van der Waals surface area contributed by atoms with Gasteiger partial charge in [-0.3, -0.25) is 4.79 Å². The molecule has 1 aromatic carbocycles. The van der Waals surface area contributed by atoms with E-state index < -0.39 is 6.04 Å². The molecule has 0 aliphatic carbocycles. The number of pyridine rings is 1. The molecule has 1 aliphatic rings. The minimum atomic E-state index is -0.392. The van der Waals surface area contributed by atoms with Gasteiger partial charge >= 0.3 is 0 Å². The van der Waals surface area contributed by atoms with Crippen LogP contribution in [-0.2, 0) is 0 Å². The highest BCUT2D eigenvalue weighted by atomic mass is 35.5. The van der Waals surface area contributed by atoms with Crippen molar-refractivity contribution < 1.29 is 9.18 Å². The molecule has 1 unspecified atom stereocenters. The Balaban J connectivity index is 1.79. The lowest BCUT2D eigenvalue weighted by Crippen LogP contribution is -2.46. The van der Waals surface area contributed by atoms with Gasteiger partial charge in [-0.1, -0.05) is 30.1 Å². The van der Waals surface area contributed by atoms with E-state index in [1.165, 1.54) is 24.4 Å². The number of nitrogens with zero attached hydrogens (tertiary/aromatic N) is 3. The molecule has 0 saturated carbocycles. The molecule has 5 nitrogen and oxygen atoms in total. The van der Waals surface area contributed by atoms with E-state index in [1.807, 2.05) is 6.92 Å². The molecule has 0 bridgehead atoms. The molecule has 1 fully saturated rings. The summed E-state index contributed by atoms with van der Waals surface area (Å²) in [5.41, 5.74) is 1.99. The van der Waals surface area contributed by atoms with Crippen molar-refractivity contribution in [3.05, 3.63) is 57.6 Å². The Morgan fingerprint density at radius 2 is 1.96 bits per heavy atom. The number of likely N-dealkylation sites (N-methyl/N-ethyl adjacent to an activating group) is 1. The van der Waals surface area contributed by atoms with E-state index in [0.29, 0.717) is 5.56 Å². The number of aromatic nitrogens is 1. The molecule has 1 amide bonds. The molecular weight excluding hydrogens is 402 g/mol. The second-order valence-corrected chi connectivity index (χ2v) is 7.58. The third-order valence-corrected chi connectivity index (χ3v) is 5.71. The van der Waals surface area contributed by atoms with Crippen LogP contribution in [-0.4, -0.2) is 48.5 Å². The number of amides is 1. The van der Waals surface area contributed by atoms with E-state index in [2.05, 4.69) is 27.0 Å². The van der Waals surface area contributed by atoms with Crippen molar-refractivity contribution in [2.24, 2.45) is 0 Å². The number of halogens is 3. The first-order valence-electron chi connectivity index (χ1n) is 9.27. The van der Waals surface area contributed by atoms with Gasteiger partial charge < -0.3 is 15.1 Å². The summed E-state index contributed by atoms with van der Waals surface area (Å²) in [7, 11) is 0. The fourth-order valence-corrected chi connectivity index (χ4v) is 3.64. The highest BCUT2D eigenvalue weighted by molar-refractivity contribution is 6.41. The van der Waals surface area contributed by atoms with Crippen LogP contribution in [0.15, 0.2) is 30.5 Å². The Kier molecular flexibility index (Phi) is 6.75. The topological polar surface area (TPSA) is 48.5 Å². The second kappa shape index (κ2) is 9.07. The third kappa shape index (κ3) is 4.74. The first-order valence-corrected chi connectivity index (χ1v) is 10.0. The lowest BCUT2D eigenvalue weighted by atomic mass is 10.0. The largest absolute Gasteiger partial charge is 0.369 e. The maximum Gasteiger partial charge on any atom is 0.253 e. The van der Waals surface area contributed by atoms with Gasteiger partial charge in [0.1, 0.15) is 11.0 Å². The summed E-state index contributed by atoms with van der Waals surface area (Å²) in [6, 6.07) is 5.81. The number of carbonyl (C=O) groups is 1. The molecule has 2 heterocycles. The fourth-order valence-electron chi connectivity index (χ4n) is 3.37. The monoisotopic (exact) mass is 424 g/mol. The molecule has 1 N–H and O–H groups in total. The zero-order valence-electron chi connectivity index (χ0n) is 15.9. The molecule has 3 rings (SSSR count). The van der Waals surface area contributed by atoms with Crippen molar-refractivity contribution in [2.75, 3.05) is 37.6 Å². The summed E-state index contributed by atoms with van der Waals surface area (Å²) >= 11 is 11.8. The van der Waals surface area contributed by atoms with Gasteiger partial charge in [0.05, 0.1) is 16.6 Å². The van der Waals surface area contributed by atoms with Crippen LogP contribution in [0.4, 0.5) is 10.1 Å². The number of nitrogens with one attached hydrogen (secondary N) is 1. The van der Waals surface area contributed by atoms with Gasteiger partial charge in [0.15, 0.2) is 0 Å². The van der Waals surface area contributed by atoms with Crippen LogP contribution in [0.3, 0.4) is 0 Å². The van der Waals surface area contributed by atoms with Crippen molar-refractivity contribution in [1.29, 1.82) is 0 Å². The van der Waals surface area contributed by atoms with E-state index in [1.54, 1.807) is 6.07 Å². The first-order chi connectivity index (χ1) is 13.4. The summed E-state index contributed by atoms with van der Waals surface area (Å²) < 4.78 is 14.0. The highest BCUT2D eigenvalue weighted by Gasteiger charge is 2.22. The number of hydrogen-bond donors (Lipinski definition) is 1. The van der Waals surface area contributed by atoms with E-state index in [4.69, 9.17) is 23.2 Å². The standard InChI is InChI=1S/C20H23Cl2FN4O/c1-3-26-6-8-27(9-7-26)18-5-4-15(23)11-16(18)13(2)25-20(28)14-10-17(21)19(22)24-12-14/h4-5,10-13H,3,6-9H2,1-2H3,(H,25,28). The van der Waals surface area contributed by atoms with E-state index in [9.17, 15) is 9.18 Å². The van der Waals surface area contributed by atoms with Gasteiger partial charge in [-0.15, -0.1) is 0 Å². The Morgan fingerprint density at radius 3 is 2.61 bits per heavy atom. The van der Waals surface area contributed by atoms with Crippen molar-refractivity contribution in [3.8, 4) is 0 Å².